The molecule has 0 bridgehead atoms. The number of carbonyl (C=O) groups excluding carboxylic acids is 1. The maximum Gasteiger partial charge on any atom is 0.339 e. The monoisotopic (exact) mass is 639 g/mol. The molecule has 1 aromatic rings. The zero-order chi connectivity index (χ0) is 16.7. The molecule has 2 rings (SSSR count). The van der Waals surface area contributed by atoms with E-state index in [0.717, 1.165) is 23.6 Å². The molecule has 0 saturated carbocycles. The van der Waals surface area contributed by atoms with Gasteiger partial charge in [0, 0.05) is 34.6 Å². The predicted molar refractivity (Wildman–Crippen MR) is 114 cm³/mol. The first-order valence-corrected chi connectivity index (χ1v) is 10.4. The van der Waals surface area contributed by atoms with Crippen molar-refractivity contribution in [3.05, 3.63) is 28.4 Å². The van der Waals surface area contributed by atoms with Crippen molar-refractivity contribution >= 4 is 73.7 Å². The van der Waals surface area contributed by atoms with Gasteiger partial charge in [-0.25, -0.2) is 4.79 Å². The van der Waals surface area contributed by atoms with E-state index >= 15 is 0 Å². The van der Waals surface area contributed by atoms with Crippen LogP contribution in [0.15, 0.2) is 12.1 Å². The summed E-state index contributed by atoms with van der Waals surface area (Å²) in [6.45, 7) is 8.64. The number of piperidine rings is 1. The number of hydrogen-bond acceptors (Lipinski definition) is 3. The number of benzene rings is 1. The quantitative estimate of drug-likeness (QED) is 0.283. The number of ether oxygens (including phenoxy) is 1. The second-order valence-electron chi connectivity index (χ2n) is 7.08. The summed E-state index contributed by atoms with van der Waals surface area (Å²) in [5.41, 5.74) is 0.615. The maximum absolute atomic E-state index is 12.6. The van der Waals surface area contributed by atoms with Gasteiger partial charge in [-0.3, -0.25) is 0 Å². The topological polar surface area (TPSA) is 38.3 Å². The molecule has 22 heavy (non-hydrogen) atoms. The molecule has 1 fully saturated rings. The van der Waals surface area contributed by atoms with Gasteiger partial charge in [-0.15, -0.1) is 0 Å². The van der Waals surface area contributed by atoms with E-state index in [1.54, 1.807) is 0 Å². The lowest BCUT2D eigenvalue weighted by Crippen LogP contribution is -2.59. The van der Waals surface area contributed by atoms with Crippen molar-refractivity contribution in [3.63, 3.8) is 0 Å². The maximum atomic E-state index is 12.6. The van der Waals surface area contributed by atoms with Crippen LogP contribution in [0.25, 0.3) is 0 Å². The third-order valence-electron chi connectivity index (χ3n) is 3.64. The number of rotatable bonds is 2. The molecule has 0 spiro atoms. The average Bonchev–Trinajstić information content (AvgIpc) is 2.29. The largest absolute Gasteiger partial charge is 0.459 e. The summed E-state index contributed by atoms with van der Waals surface area (Å²) in [5, 5.41) is 3.61. The minimum absolute atomic E-state index is 0.0284. The fourth-order valence-corrected chi connectivity index (χ4v) is 5.61. The highest BCUT2D eigenvalue weighted by Crippen LogP contribution is 2.31. The Labute approximate surface area is 173 Å². The van der Waals surface area contributed by atoms with Crippen LogP contribution in [0.1, 0.15) is 50.9 Å². The van der Waals surface area contributed by atoms with Crippen molar-refractivity contribution < 1.29 is 9.53 Å². The number of hydrogen-bond donors (Lipinski definition) is 1. The van der Waals surface area contributed by atoms with E-state index in [1.807, 2.05) is 6.07 Å². The standard InChI is InChI=1S/C16H20I3NO2/c1-15(2)7-10(8-16(3,4)20-15)22-14(21)11-5-9(17)6-12(18)13(11)19/h5-6,10,20H,7-8H2,1-4H3. The molecule has 0 aliphatic carbocycles. The molecule has 1 heterocycles. The van der Waals surface area contributed by atoms with Gasteiger partial charge in [0.25, 0.3) is 0 Å². The van der Waals surface area contributed by atoms with Crippen LogP contribution < -0.4 is 5.32 Å². The highest BCUT2D eigenvalue weighted by molar-refractivity contribution is 14.1. The Bertz CT molecular complexity index is 583. The van der Waals surface area contributed by atoms with Gasteiger partial charge >= 0.3 is 5.97 Å². The van der Waals surface area contributed by atoms with Gasteiger partial charge in [-0.05, 0) is 108 Å². The molecular formula is C16H20I3NO2. The predicted octanol–water partition coefficient (Wildman–Crippen LogP) is 4.97. The third kappa shape index (κ3) is 4.92. The lowest BCUT2D eigenvalue weighted by Gasteiger charge is -2.45. The molecule has 0 aromatic heterocycles. The number of carbonyl (C=O) groups is 1. The third-order valence-corrected chi connectivity index (χ3v) is 7.31. The normalized spacial score (nSPS) is 20.7. The van der Waals surface area contributed by atoms with E-state index in [1.165, 1.54) is 0 Å². The molecule has 1 N–H and O–H groups in total. The molecule has 3 nitrogen and oxygen atoms in total. The Kier molecular flexibility index (Phi) is 6.09. The van der Waals surface area contributed by atoms with Gasteiger partial charge in [0.2, 0.25) is 0 Å². The van der Waals surface area contributed by atoms with E-state index in [2.05, 4.69) is 107 Å². The highest BCUT2D eigenvalue weighted by Gasteiger charge is 2.39. The SMILES string of the molecule is CC1(C)CC(OC(=O)c2cc(I)cc(I)c2I)CC(C)(C)N1. The van der Waals surface area contributed by atoms with E-state index in [-0.39, 0.29) is 23.2 Å². The second-order valence-corrected chi connectivity index (χ2v) is 10.6. The first kappa shape index (κ1) is 19.2. The summed E-state index contributed by atoms with van der Waals surface area (Å²) in [6, 6.07) is 3.97. The molecule has 0 atom stereocenters. The van der Waals surface area contributed by atoms with Crippen molar-refractivity contribution in [3.8, 4) is 0 Å². The lowest BCUT2D eigenvalue weighted by molar-refractivity contribution is -0.00648. The molecule has 1 aliphatic heterocycles. The number of nitrogens with one attached hydrogen (secondary N) is 1. The van der Waals surface area contributed by atoms with Crippen LogP contribution in [0.2, 0.25) is 0 Å². The Morgan fingerprint density at radius 2 is 1.68 bits per heavy atom. The van der Waals surface area contributed by atoms with Crippen LogP contribution >= 0.6 is 67.8 Å². The summed E-state index contributed by atoms with van der Waals surface area (Å²) in [4.78, 5) is 12.6. The minimum Gasteiger partial charge on any atom is -0.459 e. The Morgan fingerprint density at radius 1 is 1.14 bits per heavy atom. The minimum atomic E-state index is -0.209. The van der Waals surface area contributed by atoms with Crippen molar-refractivity contribution in [2.24, 2.45) is 0 Å². The molecule has 0 unspecified atom stereocenters. The molecule has 1 aliphatic rings. The summed E-state index contributed by atoms with van der Waals surface area (Å²) < 4.78 is 8.96. The summed E-state index contributed by atoms with van der Waals surface area (Å²) in [7, 11) is 0. The van der Waals surface area contributed by atoms with Crippen molar-refractivity contribution in [2.75, 3.05) is 0 Å². The van der Waals surface area contributed by atoms with Gasteiger partial charge < -0.3 is 10.1 Å². The van der Waals surface area contributed by atoms with E-state index in [0.29, 0.717) is 5.56 Å². The van der Waals surface area contributed by atoms with E-state index < -0.39 is 0 Å². The van der Waals surface area contributed by atoms with Gasteiger partial charge in [-0.2, -0.15) is 0 Å². The zero-order valence-corrected chi connectivity index (χ0v) is 19.6. The van der Waals surface area contributed by atoms with E-state index in [4.69, 9.17) is 4.74 Å². The van der Waals surface area contributed by atoms with Gasteiger partial charge in [0.15, 0.2) is 0 Å². The first-order chi connectivity index (χ1) is 9.99. The number of esters is 1. The first-order valence-electron chi connectivity index (χ1n) is 7.14. The Hall–Kier alpha value is 0.840. The van der Waals surface area contributed by atoms with Crippen molar-refractivity contribution in [1.82, 2.24) is 5.32 Å². The Morgan fingerprint density at radius 3 is 2.23 bits per heavy atom. The molecule has 122 valence electrons. The molecule has 0 amide bonds. The highest BCUT2D eigenvalue weighted by atomic mass is 127. The van der Waals surface area contributed by atoms with Crippen LogP contribution in [0.3, 0.4) is 0 Å². The second kappa shape index (κ2) is 6.99. The molecule has 0 radical (unpaired) electrons. The van der Waals surface area contributed by atoms with Gasteiger partial charge in [0.05, 0.1) is 5.56 Å². The van der Waals surface area contributed by atoms with Gasteiger partial charge in [-0.1, -0.05) is 0 Å². The summed E-state index contributed by atoms with van der Waals surface area (Å²) >= 11 is 6.72. The number of halogens is 3. The fourth-order valence-electron chi connectivity index (χ4n) is 3.23. The van der Waals surface area contributed by atoms with Crippen LogP contribution in [0.4, 0.5) is 0 Å². The van der Waals surface area contributed by atoms with E-state index in [9.17, 15) is 4.79 Å². The van der Waals surface area contributed by atoms with Crippen molar-refractivity contribution in [1.29, 1.82) is 0 Å². The van der Waals surface area contributed by atoms with Gasteiger partial charge in [0.1, 0.15) is 6.10 Å². The summed E-state index contributed by atoms with van der Waals surface area (Å²) in [6.07, 6.45) is 1.62. The smallest absolute Gasteiger partial charge is 0.339 e. The Balaban J connectivity index is 2.19. The van der Waals surface area contributed by atoms with Crippen LogP contribution in [0.5, 0.6) is 0 Å². The van der Waals surface area contributed by atoms with Crippen molar-refractivity contribution in [2.45, 2.75) is 57.7 Å². The van der Waals surface area contributed by atoms with Crippen LogP contribution in [-0.2, 0) is 4.74 Å². The van der Waals surface area contributed by atoms with Crippen LogP contribution in [-0.4, -0.2) is 23.2 Å². The van der Waals surface area contributed by atoms with Crippen LogP contribution in [0, 0.1) is 10.7 Å². The molecule has 1 saturated heterocycles. The molecular weight excluding hydrogens is 619 g/mol. The average molecular weight is 639 g/mol. The molecule has 6 heteroatoms. The fraction of sp³-hybridized carbons (Fsp3) is 0.562. The lowest BCUT2D eigenvalue weighted by atomic mass is 9.81. The molecule has 1 aromatic carbocycles. The zero-order valence-electron chi connectivity index (χ0n) is 13.1. The summed E-state index contributed by atoms with van der Waals surface area (Å²) in [5.74, 6) is -0.209.